The molecule has 0 spiro atoms. The van der Waals surface area contributed by atoms with Gasteiger partial charge in [0.2, 0.25) is 5.91 Å². The number of nitrogens with one attached hydrogen (secondary N) is 1. The fraction of sp³-hybridized carbons (Fsp3) is 0.458. The van der Waals surface area contributed by atoms with Crippen LogP contribution >= 0.6 is 0 Å². The third-order valence-corrected chi connectivity index (χ3v) is 7.55. The van der Waals surface area contributed by atoms with Crippen LogP contribution < -0.4 is 9.62 Å². The molecule has 0 atom stereocenters. The van der Waals surface area contributed by atoms with Crippen LogP contribution in [0.4, 0.5) is 5.69 Å². The highest BCUT2D eigenvalue weighted by atomic mass is 32.2. The van der Waals surface area contributed by atoms with Gasteiger partial charge in [-0.15, -0.1) is 0 Å². The molecule has 1 fully saturated rings. The van der Waals surface area contributed by atoms with Crippen LogP contribution in [0, 0.1) is 13.8 Å². The molecule has 0 bridgehead atoms. The van der Waals surface area contributed by atoms with Crippen LogP contribution in [0.3, 0.4) is 0 Å². The van der Waals surface area contributed by atoms with Crippen molar-refractivity contribution in [2.45, 2.75) is 39.8 Å². The number of carbonyl (C=O) groups is 1. The number of nitrogens with zero attached hydrogens (tertiary/aromatic N) is 3. The van der Waals surface area contributed by atoms with Gasteiger partial charge >= 0.3 is 10.2 Å². The molecule has 0 aliphatic carbocycles. The molecule has 0 radical (unpaired) electrons. The minimum Gasteiger partial charge on any atom is -0.350 e. The first kappa shape index (κ1) is 24.2. The van der Waals surface area contributed by atoms with Gasteiger partial charge in [-0.2, -0.15) is 12.7 Å². The van der Waals surface area contributed by atoms with Gasteiger partial charge in [0, 0.05) is 27.2 Å². The van der Waals surface area contributed by atoms with Crippen LogP contribution in [0.1, 0.15) is 35.1 Å². The summed E-state index contributed by atoms with van der Waals surface area (Å²) in [5.41, 5.74) is 4.47. The second kappa shape index (κ2) is 10.5. The summed E-state index contributed by atoms with van der Waals surface area (Å²) in [6, 6.07) is 13.8. The Bertz CT molecular complexity index is 1050. The number of benzene rings is 2. The van der Waals surface area contributed by atoms with Crippen molar-refractivity contribution in [2.24, 2.45) is 0 Å². The van der Waals surface area contributed by atoms with E-state index in [1.54, 1.807) is 6.07 Å². The number of likely N-dealkylation sites (tertiary alicyclic amines) is 1. The predicted octanol–water partition coefficient (Wildman–Crippen LogP) is 2.83. The van der Waals surface area contributed by atoms with Crippen LogP contribution in [0.2, 0.25) is 0 Å². The fourth-order valence-corrected chi connectivity index (χ4v) is 5.02. The summed E-state index contributed by atoms with van der Waals surface area (Å²) in [5, 5.41) is 2.89. The van der Waals surface area contributed by atoms with Crippen molar-refractivity contribution in [2.75, 3.05) is 38.0 Å². The van der Waals surface area contributed by atoms with Crippen molar-refractivity contribution in [3.63, 3.8) is 0 Å². The molecule has 0 unspecified atom stereocenters. The zero-order valence-corrected chi connectivity index (χ0v) is 20.3. The first-order valence-corrected chi connectivity index (χ1v) is 12.4. The zero-order valence-electron chi connectivity index (χ0n) is 19.5. The van der Waals surface area contributed by atoms with E-state index in [-0.39, 0.29) is 12.5 Å². The molecular weight excluding hydrogens is 424 g/mol. The van der Waals surface area contributed by atoms with E-state index < -0.39 is 10.2 Å². The molecule has 174 valence electrons. The Morgan fingerprint density at radius 2 is 1.72 bits per heavy atom. The largest absolute Gasteiger partial charge is 0.350 e. The summed E-state index contributed by atoms with van der Waals surface area (Å²) >= 11 is 0. The highest BCUT2D eigenvalue weighted by Gasteiger charge is 2.28. The lowest BCUT2D eigenvalue weighted by Gasteiger charge is -2.28. The minimum absolute atomic E-state index is 0.279. The molecule has 1 aliphatic heterocycles. The summed E-state index contributed by atoms with van der Waals surface area (Å²) < 4.78 is 28.3. The van der Waals surface area contributed by atoms with Gasteiger partial charge in [0.15, 0.2) is 0 Å². The summed E-state index contributed by atoms with van der Waals surface area (Å²) in [5.74, 6) is -0.346. The van der Waals surface area contributed by atoms with E-state index in [9.17, 15) is 13.2 Å². The Morgan fingerprint density at radius 3 is 2.41 bits per heavy atom. The first-order chi connectivity index (χ1) is 15.2. The van der Waals surface area contributed by atoms with Gasteiger partial charge in [-0.1, -0.05) is 36.4 Å². The van der Waals surface area contributed by atoms with Crippen molar-refractivity contribution >= 4 is 21.8 Å². The quantitative estimate of drug-likeness (QED) is 0.627. The minimum atomic E-state index is -3.83. The average molecular weight is 459 g/mol. The zero-order chi connectivity index (χ0) is 23.3. The van der Waals surface area contributed by atoms with Crippen molar-refractivity contribution in [3.05, 3.63) is 64.7 Å². The first-order valence-electron chi connectivity index (χ1n) is 11.0. The number of rotatable bonds is 9. The van der Waals surface area contributed by atoms with Crippen molar-refractivity contribution in [1.29, 1.82) is 0 Å². The molecule has 1 amide bonds. The van der Waals surface area contributed by atoms with Gasteiger partial charge in [0.1, 0.15) is 6.54 Å². The average Bonchev–Trinajstić information content (AvgIpc) is 3.25. The Balaban J connectivity index is 1.70. The number of hydrogen-bond donors (Lipinski definition) is 1. The third kappa shape index (κ3) is 6.09. The fourth-order valence-electron chi connectivity index (χ4n) is 3.90. The van der Waals surface area contributed by atoms with Crippen LogP contribution in [0.25, 0.3) is 0 Å². The van der Waals surface area contributed by atoms with Crippen molar-refractivity contribution < 1.29 is 13.2 Å². The lowest BCUT2D eigenvalue weighted by molar-refractivity contribution is -0.119. The van der Waals surface area contributed by atoms with Crippen molar-refractivity contribution in [3.8, 4) is 0 Å². The topological polar surface area (TPSA) is 73.0 Å². The van der Waals surface area contributed by atoms with Crippen LogP contribution in [-0.2, 0) is 28.1 Å². The van der Waals surface area contributed by atoms with Crippen molar-refractivity contribution in [1.82, 2.24) is 14.5 Å². The molecule has 2 aromatic carbocycles. The highest BCUT2D eigenvalue weighted by molar-refractivity contribution is 7.90. The van der Waals surface area contributed by atoms with Gasteiger partial charge in [-0.25, -0.2) is 4.31 Å². The van der Waals surface area contributed by atoms with E-state index in [4.69, 9.17) is 0 Å². The molecule has 8 heteroatoms. The molecule has 32 heavy (non-hydrogen) atoms. The number of aryl methyl sites for hydroxylation is 2. The van der Waals surface area contributed by atoms with Crippen LogP contribution in [0.5, 0.6) is 0 Å². The maximum atomic E-state index is 13.0. The third-order valence-electron chi connectivity index (χ3n) is 5.75. The Hall–Kier alpha value is -2.42. The second-order valence-corrected chi connectivity index (χ2v) is 10.7. The molecule has 2 aromatic rings. The molecule has 1 aliphatic rings. The Morgan fingerprint density at radius 1 is 1.03 bits per heavy atom. The number of carbonyl (C=O) groups excluding carboxylic acids is 1. The SMILES string of the molecule is Cc1ccc(C)c(N(CC(=O)NCc2cccc(CN3CCCC3)c2)S(=O)(=O)N(C)C)c1. The standard InChI is InChI=1S/C24H34N4O3S/c1-19-10-11-20(2)23(14-19)28(32(30,31)26(3)4)18-24(29)25-16-21-8-7-9-22(15-21)17-27-12-5-6-13-27/h7-11,14-15H,5-6,12-13,16-18H2,1-4H3,(H,25,29). The van der Waals surface area contributed by atoms with Gasteiger partial charge in [0.25, 0.3) is 0 Å². The van der Waals surface area contributed by atoms with E-state index in [0.717, 1.165) is 40.6 Å². The molecule has 3 rings (SSSR count). The van der Waals surface area contributed by atoms with E-state index in [1.165, 1.54) is 36.8 Å². The summed E-state index contributed by atoms with van der Waals surface area (Å²) in [4.78, 5) is 15.2. The lowest BCUT2D eigenvalue weighted by Crippen LogP contribution is -2.46. The highest BCUT2D eigenvalue weighted by Crippen LogP contribution is 2.25. The Labute approximate surface area is 192 Å². The van der Waals surface area contributed by atoms with E-state index in [1.807, 2.05) is 38.1 Å². The summed E-state index contributed by atoms with van der Waals surface area (Å²) in [6.07, 6.45) is 2.50. The monoisotopic (exact) mass is 458 g/mol. The van der Waals surface area contributed by atoms with E-state index in [0.29, 0.717) is 12.2 Å². The second-order valence-electron chi connectivity index (χ2n) is 8.67. The molecule has 7 nitrogen and oxygen atoms in total. The Kier molecular flexibility index (Phi) is 7.92. The van der Waals surface area contributed by atoms with Gasteiger partial charge in [-0.05, 0) is 68.1 Å². The maximum Gasteiger partial charge on any atom is 0.304 e. The lowest BCUT2D eigenvalue weighted by atomic mass is 10.1. The van der Waals surface area contributed by atoms with Crippen LogP contribution in [0.15, 0.2) is 42.5 Å². The van der Waals surface area contributed by atoms with Gasteiger partial charge in [0.05, 0.1) is 5.69 Å². The molecule has 1 saturated heterocycles. The van der Waals surface area contributed by atoms with Gasteiger partial charge < -0.3 is 5.32 Å². The smallest absolute Gasteiger partial charge is 0.304 e. The number of anilines is 1. The number of hydrogen-bond acceptors (Lipinski definition) is 4. The molecular formula is C24H34N4O3S. The van der Waals surface area contributed by atoms with E-state index >= 15 is 0 Å². The number of amides is 1. The van der Waals surface area contributed by atoms with E-state index in [2.05, 4.69) is 22.3 Å². The normalized spacial score (nSPS) is 14.7. The molecule has 1 N–H and O–H groups in total. The van der Waals surface area contributed by atoms with Gasteiger partial charge in [-0.3, -0.25) is 9.69 Å². The summed E-state index contributed by atoms with van der Waals surface area (Å²) in [7, 11) is -0.890. The molecule has 0 saturated carbocycles. The molecule has 0 aromatic heterocycles. The predicted molar refractivity (Wildman–Crippen MR) is 129 cm³/mol. The molecule has 1 heterocycles. The summed E-state index contributed by atoms with van der Waals surface area (Å²) in [6.45, 7) is 7.01. The maximum absolute atomic E-state index is 13.0. The van der Waals surface area contributed by atoms with Crippen LogP contribution in [-0.4, -0.2) is 57.3 Å².